The molecule has 1 heterocycles. The zero-order chi connectivity index (χ0) is 16.3. The molecule has 0 aliphatic carbocycles. The summed E-state index contributed by atoms with van der Waals surface area (Å²) in [6.07, 6.45) is 0.392. The van der Waals surface area contributed by atoms with Gasteiger partial charge in [0.05, 0.1) is 11.3 Å². The van der Waals surface area contributed by atoms with E-state index in [1.165, 1.54) is 24.3 Å². The molecular formula is C17H14N2O3S. The summed E-state index contributed by atoms with van der Waals surface area (Å²) in [6, 6.07) is 20.3. The summed E-state index contributed by atoms with van der Waals surface area (Å²) >= 11 is 0. The van der Waals surface area contributed by atoms with Crippen LogP contribution in [0.2, 0.25) is 0 Å². The van der Waals surface area contributed by atoms with Crippen LogP contribution >= 0.6 is 0 Å². The van der Waals surface area contributed by atoms with Gasteiger partial charge in [-0.1, -0.05) is 53.4 Å². The van der Waals surface area contributed by atoms with Crippen LogP contribution < -0.4 is 4.85 Å². The van der Waals surface area contributed by atoms with Crippen LogP contribution in [0, 0.1) is 5.21 Å². The highest BCUT2D eigenvalue weighted by Gasteiger charge is 2.23. The molecule has 23 heavy (non-hydrogen) atoms. The highest BCUT2D eigenvalue weighted by molar-refractivity contribution is 7.91. The SMILES string of the molecule is O=S(=O)(c1ccccc1)c1ccc(Cc2ccccc2)[n+]([O-])n1. The van der Waals surface area contributed by atoms with E-state index in [-0.39, 0.29) is 9.92 Å². The Labute approximate surface area is 134 Å². The van der Waals surface area contributed by atoms with Gasteiger partial charge in [-0.3, -0.25) is 0 Å². The van der Waals surface area contributed by atoms with Crippen LogP contribution in [0.4, 0.5) is 0 Å². The predicted octanol–water partition coefficient (Wildman–Crippen LogP) is 2.14. The third-order valence-corrected chi connectivity index (χ3v) is 5.07. The van der Waals surface area contributed by atoms with Gasteiger partial charge in [0.15, 0.2) is 0 Å². The Morgan fingerprint density at radius 3 is 2.09 bits per heavy atom. The number of rotatable bonds is 4. The number of aromatic nitrogens is 2. The molecule has 5 nitrogen and oxygen atoms in total. The van der Waals surface area contributed by atoms with Gasteiger partial charge in [-0.15, -0.1) is 0 Å². The number of hydrogen-bond acceptors (Lipinski definition) is 4. The van der Waals surface area contributed by atoms with E-state index < -0.39 is 9.84 Å². The highest BCUT2D eigenvalue weighted by atomic mass is 32.2. The maximum absolute atomic E-state index is 12.4. The Bertz CT molecular complexity index is 911. The van der Waals surface area contributed by atoms with Crippen molar-refractivity contribution in [2.75, 3.05) is 0 Å². The molecule has 0 saturated carbocycles. The van der Waals surface area contributed by atoms with E-state index in [0.29, 0.717) is 17.0 Å². The molecule has 0 atom stereocenters. The minimum atomic E-state index is -3.78. The van der Waals surface area contributed by atoms with Crippen molar-refractivity contribution in [2.45, 2.75) is 16.3 Å². The van der Waals surface area contributed by atoms with Crippen molar-refractivity contribution in [3.8, 4) is 0 Å². The van der Waals surface area contributed by atoms with E-state index in [1.54, 1.807) is 18.2 Å². The van der Waals surface area contributed by atoms with Crippen molar-refractivity contribution in [1.82, 2.24) is 5.10 Å². The fourth-order valence-electron chi connectivity index (χ4n) is 2.21. The van der Waals surface area contributed by atoms with Gasteiger partial charge in [0.25, 0.3) is 0 Å². The lowest BCUT2D eigenvalue weighted by Gasteiger charge is -2.05. The Balaban J connectivity index is 1.94. The monoisotopic (exact) mass is 326 g/mol. The topological polar surface area (TPSA) is 74.0 Å². The number of nitrogens with zero attached hydrogens (tertiary/aromatic N) is 2. The third kappa shape index (κ3) is 3.22. The number of hydrogen-bond donors (Lipinski definition) is 0. The molecule has 0 N–H and O–H groups in total. The molecule has 0 aliphatic heterocycles. The number of sulfone groups is 1. The molecule has 0 unspecified atom stereocenters. The lowest BCUT2D eigenvalue weighted by Crippen LogP contribution is -2.37. The van der Waals surface area contributed by atoms with Gasteiger partial charge in [-0.05, 0) is 23.8 Å². The molecule has 0 aliphatic rings. The minimum absolute atomic E-state index is 0.114. The lowest BCUT2D eigenvalue weighted by molar-refractivity contribution is -0.680. The maximum atomic E-state index is 12.4. The predicted molar refractivity (Wildman–Crippen MR) is 84.3 cm³/mol. The smallest absolute Gasteiger partial charge is 0.229 e. The van der Waals surface area contributed by atoms with Gasteiger partial charge in [0.1, 0.15) is 0 Å². The quantitative estimate of drug-likeness (QED) is 0.544. The fourth-order valence-corrected chi connectivity index (χ4v) is 3.40. The van der Waals surface area contributed by atoms with Gasteiger partial charge in [-0.25, -0.2) is 8.42 Å². The van der Waals surface area contributed by atoms with E-state index in [9.17, 15) is 13.6 Å². The molecular weight excluding hydrogens is 312 g/mol. The van der Waals surface area contributed by atoms with Crippen molar-refractivity contribution in [3.05, 3.63) is 89.3 Å². The zero-order valence-electron chi connectivity index (χ0n) is 12.2. The summed E-state index contributed by atoms with van der Waals surface area (Å²) in [7, 11) is -3.78. The normalized spacial score (nSPS) is 11.3. The summed E-state index contributed by atoms with van der Waals surface area (Å²) in [5.74, 6) is 0. The van der Waals surface area contributed by atoms with E-state index in [0.717, 1.165) is 5.56 Å². The molecule has 0 fully saturated rings. The zero-order valence-corrected chi connectivity index (χ0v) is 13.0. The Hall–Kier alpha value is -2.73. The van der Waals surface area contributed by atoms with E-state index >= 15 is 0 Å². The van der Waals surface area contributed by atoms with Gasteiger partial charge in [-0.2, -0.15) is 0 Å². The molecule has 3 rings (SSSR count). The second-order valence-corrected chi connectivity index (χ2v) is 6.91. The maximum Gasteiger partial charge on any atom is 0.229 e. The average molecular weight is 326 g/mol. The average Bonchev–Trinajstić information content (AvgIpc) is 2.58. The van der Waals surface area contributed by atoms with Gasteiger partial charge >= 0.3 is 0 Å². The summed E-state index contributed by atoms with van der Waals surface area (Å²) in [4.78, 5) is 0.492. The minimum Gasteiger partial charge on any atom is -0.594 e. The Morgan fingerprint density at radius 2 is 1.48 bits per heavy atom. The largest absolute Gasteiger partial charge is 0.594 e. The van der Waals surface area contributed by atoms with Crippen LogP contribution in [0.5, 0.6) is 0 Å². The van der Waals surface area contributed by atoms with Crippen LogP contribution in [-0.2, 0) is 16.3 Å². The molecule has 0 spiro atoms. The molecule has 3 aromatic rings. The Morgan fingerprint density at radius 1 is 0.870 bits per heavy atom. The van der Waals surface area contributed by atoms with Crippen molar-refractivity contribution < 1.29 is 13.3 Å². The lowest BCUT2D eigenvalue weighted by atomic mass is 10.1. The first kappa shape index (κ1) is 15.2. The van der Waals surface area contributed by atoms with Crippen molar-refractivity contribution in [3.63, 3.8) is 0 Å². The highest BCUT2D eigenvalue weighted by Crippen LogP contribution is 2.18. The van der Waals surface area contributed by atoms with Gasteiger partial charge in [0.2, 0.25) is 20.6 Å². The molecule has 2 aromatic carbocycles. The molecule has 116 valence electrons. The Kier molecular flexibility index (Phi) is 4.08. The summed E-state index contributed by atoms with van der Waals surface area (Å²) in [6.45, 7) is 0. The first-order chi connectivity index (χ1) is 11.1. The van der Waals surface area contributed by atoms with Gasteiger partial charge < -0.3 is 5.21 Å². The second-order valence-electron chi connectivity index (χ2n) is 5.01. The summed E-state index contributed by atoms with van der Waals surface area (Å²) in [5.41, 5.74) is 1.35. The summed E-state index contributed by atoms with van der Waals surface area (Å²) < 4.78 is 24.9. The number of benzene rings is 2. The van der Waals surface area contributed by atoms with Crippen LogP contribution in [0.3, 0.4) is 0 Å². The van der Waals surface area contributed by atoms with Crippen molar-refractivity contribution >= 4 is 9.84 Å². The molecule has 0 amide bonds. The van der Waals surface area contributed by atoms with E-state index in [2.05, 4.69) is 5.10 Å². The van der Waals surface area contributed by atoms with Gasteiger partial charge in [0, 0.05) is 11.2 Å². The second kappa shape index (κ2) is 6.18. The van der Waals surface area contributed by atoms with Crippen LogP contribution in [-0.4, -0.2) is 13.5 Å². The third-order valence-electron chi connectivity index (χ3n) is 3.41. The molecule has 1 aromatic heterocycles. The first-order valence-corrected chi connectivity index (χ1v) is 8.49. The molecule has 0 radical (unpaired) electrons. The molecule has 0 bridgehead atoms. The standard InChI is InChI=1S/C17H14N2O3S/c20-19-15(13-14-7-3-1-4-8-14)11-12-17(18-19)23(21,22)16-9-5-2-6-10-16/h1-12H,13H2. The van der Waals surface area contributed by atoms with Crippen LogP contribution in [0.15, 0.2) is 82.7 Å². The molecule has 6 heteroatoms. The van der Waals surface area contributed by atoms with Crippen LogP contribution in [0.1, 0.15) is 11.3 Å². The molecule has 0 saturated heterocycles. The van der Waals surface area contributed by atoms with Crippen LogP contribution in [0.25, 0.3) is 0 Å². The van der Waals surface area contributed by atoms with E-state index in [1.807, 2.05) is 30.3 Å². The summed E-state index contributed by atoms with van der Waals surface area (Å²) in [5, 5.41) is 15.5. The fraction of sp³-hybridized carbons (Fsp3) is 0.0588. The van der Waals surface area contributed by atoms with E-state index in [4.69, 9.17) is 0 Å². The van der Waals surface area contributed by atoms with Crippen molar-refractivity contribution in [2.24, 2.45) is 0 Å². The van der Waals surface area contributed by atoms with Crippen molar-refractivity contribution in [1.29, 1.82) is 0 Å². The first-order valence-electron chi connectivity index (χ1n) is 7.01.